The van der Waals surface area contributed by atoms with Crippen molar-refractivity contribution in [3.05, 3.63) is 56.4 Å². The van der Waals surface area contributed by atoms with Crippen molar-refractivity contribution < 1.29 is 13.2 Å². The Bertz CT molecular complexity index is 1400. The summed E-state index contributed by atoms with van der Waals surface area (Å²) in [5.41, 5.74) is 2.17. The number of carbonyl (C=O) groups excluding carboxylic acids is 1. The maximum Gasteiger partial charge on any atom is 0.259 e. The Morgan fingerprint density at radius 3 is 2.60 bits per heavy atom. The van der Waals surface area contributed by atoms with Crippen LogP contribution in [0, 0.1) is 11.3 Å². The molecule has 0 bridgehead atoms. The monoisotopic (exact) mass is 516 g/mol. The summed E-state index contributed by atoms with van der Waals surface area (Å²) >= 11 is 1.62. The molecule has 2 heterocycles. The van der Waals surface area contributed by atoms with Crippen LogP contribution in [0.4, 0.5) is 0 Å². The zero-order valence-electron chi connectivity index (χ0n) is 20.3. The summed E-state index contributed by atoms with van der Waals surface area (Å²) in [6.45, 7) is 7.24. The molecule has 3 aromatic rings. The van der Waals surface area contributed by atoms with E-state index in [2.05, 4.69) is 36.1 Å². The van der Waals surface area contributed by atoms with Gasteiger partial charge in [0.2, 0.25) is 15.9 Å². The molecule has 4 rings (SSSR count). The number of carbonyl (C=O) groups is 1. The molecule has 0 fully saturated rings. The van der Waals surface area contributed by atoms with Gasteiger partial charge in [0.15, 0.2) is 0 Å². The van der Waals surface area contributed by atoms with E-state index >= 15 is 0 Å². The van der Waals surface area contributed by atoms with Gasteiger partial charge in [0.05, 0.1) is 10.3 Å². The van der Waals surface area contributed by atoms with Crippen LogP contribution >= 0.6 is 11.3 Å². The van der Waals surface area contributed by atoms with E-state index in [-0.39, 0.29) is 28.2 Å². The Kier molecular flexibility index (Phi) is 7.17. The van der Waals surface area contributed by atoms with Crippen molar-refractivity contribution in [1.82, 2.24) is 15.3 Å². The van der Waals surface area contributed by atoms with Gasteiger partial charge in [0, 0.05) is 24.3 Å². The molecule has 0 saturated heterocycles. The molecular weight excluding hydrogens is 484 g/mol. The van der Waals surface area contributed by atoms with E-state index in [0.717, 1.165) is 40.6 Å². The van der Waals surface area contributed by atoms with E-state index in [1.165, 1.54) is 17.0 Å². The summed E-state index contributed by atoms with van der Waals surface area (Å²) in [4.78, 5) is 34.8. The van der Waals surface area contributed by atoms with Gasteiger partial charge in [-0.1, -0.05) is 32.9 Å². The van der Waals surface area contributed by atoms with Gasteiger partial charge >= 0.3 is 0 Å². The predicted octanol–water partition coefficient (Wildman–Crippen LogP) is 3.07. The minimum Gasteiger partial charge on any atom is -0.356 e. The Labute approximate surface area is 209 Å². The van der Waals surface area contributed by atoms with Crippen molar-refractivity contribution >= 4 is 37.5 Å². The fourth-order valence-corrected chi connectivity index (χ4v) is 6.43. The van der Waals surface area contributed by atoms with Gasteiger partial charge in [-0.25, -0.2) is 18.5 Å². The highest BCUT2D eigenvalue weighted by Gasteiger charge is 2.31. The average molecular weight is 517 g/mol. The number of aromatic nitrogens is 2. The molecule has 188 valence electrons. The average Bonchev–Trinajstić information content (AvgIpc) is 3.15. The zero-order chi connectivity index (χ0) is 25.4. The van der Waals surface area contributed by atoms with Crippen LogP contribution in [0.15, 0.2) is 34.0 Å². The summed E-state index contributed by atoms with van der Waals surface area (Å²) in [6, 6.07) is 6.27. The van der Waals surface area contributed by atoms with E-state index < -0.39 is 10.0 Å². The first-order chi connectivity index (χ1) is 16.4. The van der Waals surface area contributed by atoms with Crippen LogP contribution in [0.1, 0.15) is 55.4 Å². The van der Waals surface area contributed by atoms with Gasteiger partial charge in [-0.05, 0) is 60.3 Å². The predicted molar refractivity (Wildman–Crippen MR) is 138 cm³/mol. The molecule has 8 nitrogen and oxygen atoms in total. The number of benzene rings is 1. The number of hydrogen-bond donors (Lipinski definition) is 3. The number of sulfonamides is 1. The third kappa shape index (κ3) is 5.99. The lowest BCUT2D eigenvalue weighted by atomic mass is 9.72. The second-order valence-electron chi connectivity index (χ2n) is 10.3. The molecule has 1 aromatic carbocycles. The summed E-state index contributed by atoms with van der Waals surface area (Å²) in [5, 5.41) is 8.68. The molecule has 1 atom stereocenters. The standard InChI is InChI=1S/C25H32N4O4S2/c1-25(2,3)16-6-9-18-19(14-16)34-24-22(18)23(31)28-20(29-24)10-11-21(30)27-13-12-15-4-7-17(8-5-15)35(26,32)33/h4-5,7-8,16H,6,9-14H2,1-3H3,(H,27,30)(H2,26,32,33)(H,28,29,31)/t16-/m0/s1. The third-order valence-corrected chi connectivity index (χ3v) is 8.85. The minimum atomic E-state index is -3.71. The topological polar surface area (TPSA) is 135 Å². The number of aryl methyl sites for hydroxylation is 2. The van der Waals surface area contributed by atoms with Crippen LogP contribution in [0.5, 0.6) is 0 Å². The molecule has 1 aliphatic rings. The molecule has 10 heteroatoms. The first-order valence-electron chi connectivity index (χ1n) is 11.8. The highest BCUT2D eigenvalue weighted by molar-refractivity contribution is 7.89. The molecule has 0 radical (unpaired) electrons. The molecule has 0 unspecified atom stereocenters. The first kappa shape index (κ1) is 25.5. The van der Waals surface area contributed by atoms with E-state index in [9.17, 15) is 18.0 Å². The number of hydrogen-bond acceptors (Lipinski definition) is 6. The number of rotatable bonds is 7. The van der Waals surface area contributed by atoms with Crippen molar-refractivity contribution in [1.29, 1.82) is 0 Å². The summed E-state index contributed by atoms with van der Waals surface area (Å²) in [7, 11) is -3.71. The van der Waals surface area contributed by atoms with Crippen LogP contribution in [0.2, 0.25) is 0 Å². The molecule has 2 aromatic heterocycles. The van der Waals surface area contributed by atoms with Crippen molar-refractivity contribution in [2.24, 2.45) is 16.5 Å². The minimum absolute atomic E-state index is 0.0596. The molecule has 0 spiro atoms. The molecule has 0 aliphatic heterocycles. The van der Waals surface area contributed by atoms with Crippen molar-refractivity contribution in [2.45, 2.75) is 64.2 Å². The molecule has 4 N–H and O–H groups in total. The fraction of sp³-hybridized carbons (Fsp3) is 0.480. The lowest BCUT2D eigenvalue weighted by Gasteiger charge is -2.33. The number of nitrogens with zero attached hydrogens (tertiary/aromatic N) is 1. The van der Waals surface area contributed by atoms with E-state index in [1.807, 2.05) is 0 Å². The van der Waals surface area contributed by atoms with Crippen molar-refractivity contribution in [2.75, 3.05) is 6.54 Å². The van der Waals surface area contributed by atoms with Gasteiger partial charge in [-0.2, -0.15) is 0 Å². The fourth-order valence-electron chi connectivity index (χ4n) is 4.60. The lowest BCUT2D eigenvalue weighted by Crippen LogP contribution is -2.27. The summed E-state index contributed by atoms with van der Waals surface area (Å²) in [6.07, 6.45) is 4.12. The number of H-pyrrole nitrogens is 1. The van der Waals surface area contributed by atoms with Gasteiger partial charge in [0.1, 0.15) is 10.7 Å². The van der Waals surface area contributed by atoms with E-state index in [1.54, 1.807) is 23.5 Å². The Morgan fingerprint density at radius 1 is 1.23 bits per heavy atom. The molecular formula is C25H32N4O4S2. The number of nitrogens with two attached hydrogens (primary N) is 1. The summed E-state index contributed by atoms with van der Waals surface area (Å²) in [5.74, 6) is 0.992. The third-order valence-electron chi connectivity index (χ3n) is 6.77. The number of nitrogens with one attached hydrogen (secondary N) is 2. The largest absolute Gasteiger partial charge is 0.356 e. The highest BCUT2D eigenvalue weighted by Crippen LogP contribution is 2.41. The van der Waals surface area contributed by atoms with Crippen molar-refractivity contribution in [3.8, 4) is 0 Å². The molecule has 1 aliphatic carbocycles. The van der Waals surface area contributed by atoms with Crippen LogP contribution in [-0.2, 0) is 40.5 Å². The highest BCUT2D eigenvalue weighted by atomic mass is 32.2. The van der Waals surface area contributed by atoms with Gasteiger partial charge in [-0.15, -0.1) is 11.3 Å². The number of primary sulfonamides is 1. The van der Waals surface area contributed by atoms with Crippen LogP contribution < -0.4 is 16.0 Å². The maximum atomic E-state index is 12.8. The van der Waals surface area contributed by atoms with Crippen LogP contribution in [0.3, 0.4) is 0 Å². The van der Waals surface area contributed by atoms with E-state index in [0.29, 0.717) is 31.1 Å². The molecule has 0 saturated carbocycles. The smallest absolute Gasteiger partial charge is 0.259 e. The molecule has 35 heavy (non-hydrogen) atoms. The van der Waals surface area contributed by atoms with Crippen molar-refractivity contribution in [3.63, 3.8) is 0 Å². The second kappa shape index (κ2) is 9.83. The summed E-state index contributed by atoms with van der Waals surface area (Å²) < 4.78 is 22.6. The van der Waals surface area contributed by atoms with E-state index in [4.69, 9.17) is 5.14 Å². The van der Waals surface area contributed by atoms with Crippen LogP contribution in [-0.4, -0.2) is 30.8 Å². The van der Waals surface area contributed by atoms with Gasteiger partial charge in [0.25, 0.3) is 5.56 Å². The number of fused-ring (bicyclic) bond motifs is 3. The first-order valence-corrected chi connectivity index (χ1v) is 14.2. The van der Waals surface area contributed by atoms with Gasteiger partial charge in [-0.3, -0.25) is 9.59 Å². The number of amides is 1. The quantitative estimate of drug-likeness (QED) is 0.444. The normalized spacial score (nSPS) is 16.3. The van der Waals surface area contributed by atoms with Gasteiger partial charge < -0.3 is 10.3 Å². The lowest BCUT2D eigenvalue weighted by molar-refractivity contribution is -0.121. The Balaban J connectivity index is 1.33. The second-order valence-corrected chi connectivity index (χ2v) is 12.9. The van der Waals surface area contributed by atoms with Crippen LogP contribution in [0.25, 0.3) is 10.2 Å². The number of aromatic amines is 1. The zero-order valence-corrected chi connectivity index (χ0v) is 21.9. The number of thiophene rings is 1. The Morgan fingerprint density at radius 2 is 1.94 bits per heavy atom. The molecule has 1 amide bonds. The maximum absolute atomic E-state index is 12.8. The Hall–Kier alpha value is -2.56. The SMILES string of the molecule is CC(C)(C)[C@H]1CCc2c(sc3nc(CCC(=O)NCCc4ccc(S(N)(=O)=O)cc4)[nH]c(=O)c23)C1.